The fraction of sp³-hybridized carbons (Fsp3) is 0.333. The zero-order valence-corrected chi connectivity index (χ0v) is 22.9. The van der Waals surface area contributed by atoms with Crippen molar-refractivity contribution in [3.05, 3.63) is 90.0 Å². The van der Waals surface area contributed by atoms with Crippen molar-refractivity contribution in [2.75, 3.05) is 39.4 Å². The van der Waals surface area contributed by atoms with E-state index in [1.165, 1.54) is 10.8 Å². The molecule has 7 rings (SSSR count). The van der Waals surface area contributed by atoms with Gasteiger partial charge in [-0.15, -0.1) is 0 Å². The number of aromatic amines is 2. The molecule has 40 heavy (non-hydrogen) atoms. The van der Waals surface area contributed by atoms with E-state index in [1.807, 2.05) is 23.2 Å². The molecule has 2 unspecified atom stereocenters. The molecule has 2 saturated heterocycles. The van der Waals surface area contributed by atoms with Crippen molar-refractivity contribution < 1.29 is 9.53 Å². The quantitative estimate of drug-likeness (QED) is 0.303. The maximum Gasteiger partial charge on any atom is 0.227 e. The number of para-hydroxylation sites is 1. The smallest absolute Gasteiger partial charge is 0.227 e. The number of benzene rings is 3. The van der Waals surface area contributed by atoms with Crippen molar-refractivity contribution in [1.82, 2.24) is 24.8 Å². The van der Waals surface area contributed by atoms with Gasteiger partial charge in [0, 0.05) is 54.9 Å². The van der Waals surface area contributed by atoms with Crippen molar-refractivity contribution in [2.24, 2.45) is 5.92 Å². The summed E-state index contributed by atoms with van der Waals surface area (Å²) in [6.45, 7) is 7.05. The van der Waals surface area contributed by atoms with Crippen molar-refractivity contribution in [3.8, 4) is 11.3 Å². The van der Waals surface area contributed by atoms with E-state index in [4.69, 9.17) is 9.72 Å². The average molecular weight is 534 g/mol. The molecule has 2 aromatic heterocycles. The van der Waals surface area contributed by atoms with Crippen LogP contribution in [0.25, 0.3) is 32.9 Å². The summed E-state index contributed by atoms with van der Waals surface area (Å²) in [5.74, 6) is 1.55. The lowest BCUT2D eigenvalue weighted by Crippen LogP contribution is -2.52. The summed E-state index contributed by atoms with van der Waals surface area (Å²) < 4.78 is 5.64. The van der Waals surface area contributed by atoms with Crippen LogP contribution in [0.2, 0.25) is 0 Å². The number of rotatable bonds is 6. The van der Waals surface area contributed by atoms with Crippen LogP contribution in [0, 0.1) is 12.8 Å². The molecule has 7 nitrogen and oxygen atoms in total. The molecule has 2 N–H and O–H groups in total. The third kappa shape index (κ3) is 4.80. The summed E-state index contributed by atoms with van der Waals surface area (Å²) in [7, 11) is 0. The topological polar surface area (TPSA) is 77.2 Å². The molecule has 0 spiro atoms. The molecule has 7 heteroatoms. The molecule has 0 aliphatic carbocycles. The van der Waals surface area contributed by atoms with Gasteiger partial charge in [0.05, 0.1) is 24.9 Å². The second-order valence-electron chi connectivity index (χ2n) is 11.3. The zero-order valence-electron chi connectivity index (χ0n) is 22.9. The van der Waals surface area contributed by atoms with Crippen LogP contribution in [-0.4, -0.2) is 70.1 Å². The highest BCUT2D eigenvalue weighted by atomic mass is 16.5. The van der Waals surface area contributed by atoms with Crippen LogP contribution in [0.15, 0.2) is 72.9 Å². The number of imidazole rings is 1. The third-order valence-corrected chi connectivity index (χ3v) is 8.65. The lowest BCUT2D eigenvalue weighted by atomic mass is 10.0. The number of nitrogens with one attached hydrogen (secondary N) is 2. The summed E-state index contributed by atoms with van der Waals surface area (Å²) in [6, 6.07) is 23.0. The van der Waals surface area contributed by atoms with Gasteiger partial charge in [-0.05, 0) is 47.7 Å². The minimum atomic E-state index is -0.136. The van der Waals surface area contributed by atoms with Gasteiger partial charge in [0.15, 0.2) is 0 Å². The number of amides is 1. The van der Waals surface area contributed by atoms with Crippen LogP contribution < -0.4 is 0 Å². The molecule has 1 amide bonds. The summed E-state index contributed by atoms with van der Waals surface area (Å²) in [4.78, 5) is 30.4. The molecule has 0 radical (unpaired) electrons. The van der Waals surface area contributed by atoms with Gasteiger partial charge in [-0.3, -0.25) is 9.69 Å². The second kappa shape index (κ2) is 10.6. The van der Waals surface area contributed by atoms with Crippen LogP contribution in [0.4, 0.5) is 0 Å². The van der Waals surface area contributed by atoms with E-state index in [2.05, 4.69) is 76.4 Å². The number of carbonyl (C=O) groups excluding carboxylic acids is 1. The Labute approximate surface area is 234 Å². The van der Waals surface area contributed by atoms with E-state index in [9.17, 15) is 4.79 Å². The molecule has 2 aliphatic heterocycles. The van der Waals surface area contributed by atoms with Crippen molar-refractivity contribution in [2.45, 2.75) is 25.8 Å². The normalized spacial score (nSPS) is 20.1. The van der Waals surface area contributed by atoms with E-state index in [0.29, 0.717) is 18.9 Å². The van der Waals surface area contributed by atoms with Gasteiger partial charge in [-0.25, -0.2) is 4.98 Å². The lowest BCUT2D eigenvalue weighted by molar-refractivity contribution is -0.136. The second-order valence-corrected chi connectivity index (χ2v) is 11.3. The Balaban J connectivity index is 1.18. The number of aromatic nitrogens is 3. The van der Waals surface area contributed by atoms with Gasteiger partial charge in [-0.2, -0.15) is 0 Å². The van der Waals surface area contributed by atoms with Crippen molar-refractivity contribution >= 4 is 27.6 Å². The highest BCUT2D eigenvalue weighted by Crippen LogP contribution is 2.30. The average Bonchev–Trinajstić information content (AvgIpc) is 3.74. The Hall–Kier alpha value is -3.94. The Morgan fingerprint density at radius 3 is 2.75 bits per heavy atom. The molecule has 204 valence electrons. The fourth-order valence-corrected chi connectivity index (χ4v) is 6.46. The molecular formula is C33H35N5O2. The summed E-state index contributed by atoms with van der Waals surface area (Å²) >= 11 is 0. The van der Waals surface area contributed by atoms with Crippen LogP contribution in [0.5, 0.6) is 0 Å². The summed E-state index contributed by atoms with van der Waals surface area (Å²) in [5.41, 5.74) is 5.29. The SMILES string of the molecule is Cc1[nH]c2ccccc2c1CC(=O)N1CCN(CC2CCOC2)CC1c1ncc(-c2ccc3ccccc3c2)[nH]1. The van der Waals surface area contributed by atoms with Gasteiger partial charge < -0.3 is 19.6 Å². The van der Waals surface area contributed by atoms with Gasteiger partial charge in [0.2, 0.25) is 5.91 Å². The number of hydrogen-bond donors (Lipinski definition) is 2. The first-order valence-corrected chi connectivity index (χ1v) is 14.3. The van der Waals surface area contributed by atoms with Gasteiger partial charge in [0.25, 0.3) is 0 Å². The van der Waals surface area contributed by atoms with Crippen molar-refractivity contribution in [3.63, 3.8) is 0 Å². The van der Waals surface area contributed by atoms with E-state index < -0.39 is 0 Å². The summed E-state index contributed by atoms with van der Waals surface area (Å²) in [6.07, 6.45) is 3.40. The third-order valence-electron chi connectivity index (χ3n) is 8.65. The molecular weight excluding hydrogens is 498 g/mol. The number of piperazine rings is 1. The standard InChI is InChI=1S/C33H35N5O2/c1-22-28(27-8-4-5-9-29(27)35-22)17-32(39)38-14-13-37(19-23-12-15-40-21-23)20-31(38)33-34-18-30(36-33)26-11-10-24-6-2-3-7-25(24)16-26/h2-11,16,18,23,31,35H,12-15,17,19-21H2,1H3,(H,34,36). The Morgan fingerprint density at radius 2 is 1.88 bits per heavy atom. The van der Waals surface area contributed by atoms with E-state index >= 15 is 0 Å². The molecule has 2 aliphatic rings. The highest BCUT2D eigenvalue weighted by Gasteiger charge is 2.35. The van der Waals surface area contributed by atoms with Gasteiger partial charge in [0.1, 0.15) is 11.9 Å². The molecule has 2 atom stereocenters. The Kier molecular flexibility index (Phi) is 6.61. The molecule has 0 bridgehead atoms. The minimum Gasteiger partial charge on any atom is -0.381 e. The molecule has 5 aromatic rings. The zero-order chi connectivity index (χ0) is 27.1. The number of H-pyrrole nitrogens is 2. The van der Waals surface area contributed by atoms with Crippen LogP contribution in [0.1, 0.15) is 29.5 Å². The number of nitrogens with zero attached hydrogens (tertiary/aromatic N) is 3. The van der Waals surface area contributed by atoms with Crippen LogP contribution >= 0.6 is 0 Å². The number of fused-ring (bicyclic) bond motifs is 2. The summed E-state index contributed by atoms with van der Waals surface area (Å²) in [5, 5.41) is 3.54. The van der Waals surface area contributed by atoms with E-state index in [1.54, 1.807) is 0 Å². The number of aryl methyl sites for hydroxylation is 1. The van der Waals surface area contributed by atoms with Gasteiger partial charge >= 0.3 is 0 Å². The first kappa shape index (κ1) is 25.1. The predicted octanol–water partition coefficient (Wildman–Crippen LogP) is 5.48. The first-order valence-electron chi connectivity index (χ1n) is 14.3. The van der Waals surface area contributed by atoms with E-state index in [-0.39, 0.29) is 11.9 Å². The lowest BCUT2D eigenvalue weighted by Gasteiger charge is -2.41. The molecule has 3 aromatic carbocycles. The highest BCUT2D eigenvalue weighted by molar-refractivity contribution is 5.90. The van der Waals surface area contributed by atoms with Crippen LogP contribution in [0.3, 0.4) is 0 Å². The van der Waals surface area contributed by atoms with E-state index in [0.717, 1.165) is 78.5 Å². The molecule has 0 saturated carbocycles. The largest absolute Gasteiger partial charge is 0.381 e. The first-order chi connectivity index (χ1) is 19.6. The minimum absolute atomic E-state index is 0.136. The van der Waals surface area contributed by atoms with Crippen LogP contribution in [-0.2, 0) is 16.0 Å². The molecule has 2 fully saturated rings. The molecule has 4 heterocycles. The Bertz CT molecular complexity index is 1660. The monoisotopic (exact) mass is 533 g/mol. The maximum absolute atomic E-state index is 14.0. The predicted molar refractivity (Wildman–Crippen MR) is 158 cm³/mol. The number of ether oxygens (including phenoxy) is 1. The number of hydrogen-bond acceptors (Lipinski definition) is 4. The fourth-order valence-electron chi connectivity index (χ4n) is 6.46. The van der Waals surface area contributed by atoms with Gasteiger partial charge in [-0.1, -0.05) is 54.6 Å². The Morgan fingerprint density at radius 1 is 1.02 bits per heavy atom. The maximum atomic E-state index is 14.0. The number of carbonyl (C=O) groups is 1. The van der Waals surface area contributed by atoms with Crippen molar-refractivity contribution in [1.29, 1.82) is 0 Å².